The molecule has 0 atom stereocenters. The number of aromatic nitrogens is 2. The van der Waals surface area contributed by atoms with E-state index >= 15 is 0 Å². The maximum atomic E-state index is 13.2. The summed E-state index contributed by atoms with van der Waals surface area (Å²) in [4.78, 5) is 27.3. The number of benzene rings is 3. The Kier molecular flexibility index (Phi) is 7.37. The van der Waals surface area contributed by atoms with Crippen molar-refractivity contribution in [2.24, 2.45) is 0 Å². The van der Waals surface area contributed by atoms with Crippen molar-refractivity contribution in [3.8, 4) is 17.1 Å². The van der Waals surface area contributed by atoms with E-state index in [1.54, 1.807) is 13.2 Å². The molecular formula is C30H29ClN4O2. The molecule has 4 aromatic rings. The lowest BCUT2D eigenvalue weighted by molar-refractivity contribution is 0.0746. The van der Waals surface area contributed by atoms with E-state index in [0.717, 1.165) is 29.1 Å². The smallest absolute Gasteiger partial charge is 0.254 e. The van der Waals surface area contributed by atoms with E-state index in [0.29, 0.717) is 48.3 Å². The van der Waals surface area contributed by atoms with Gasteiger partial charge in [0.15, 0.2) is 5.82 Å². The highest BCUT2D eigenvalue weighted by molar-refractivity contribution is 6.30. The summed E-state index contributed by atoms with van der Waals surface area (Å²) in [7, 11) is 1.61. The fourth-order valence-corrected chi connectivity index (χ4v) is 4.76. The Bertz CT molecular complexity index is 1380. The van der Waals surface area contributed by atoms with E-state index in [-0.39, 0.29) is 5.91 Å². The Morgan fingerprint density at radius 2 is 1.65 bits per heavy atom. The molecule has 188 valence electrons. The molecule has 5 rings (SSSR count). The van der Waals surface area contributed by atoms with Gasteiger partial charge in [-0.2, -0.15) is 0 Å². The van der Waals surface area contributed by atoms with Gasteiger partial charge in [0.1, 0.15) is 11.6 Å². The number of nitrogens with zero attached hydrogens (tertiary/aromatic N) is 4. The van der Waals surface area contributed by atoms with E-state index in [2.05, 4.69) is 29.2 Å². The van der Waals surface area contributed by atoms with Crippen molar-refractivity contribution >= 4 is 23.3 Å². The van der Waals surface area contributed by atoms with Crippen LogP contribution in [0.1, 0.15) is 27.2 Å². The number of anilines is 1. The van der Waals surface area contributed by atoms with Crippen molar-refractivity contribution in [2.45, 2.75) is 13.3 Å². The number of carbonyl (C=O) groups is 1. The molecule has 0 aliphatic carbocycles. The molecule has 0 saturated carbocycles. The van der Waals surface area contributed by atoms with Crippen LogP contribution in [0.4, 0.5) is 5.82 Å². The summed E-state index contributed by atoms with van der Waals surface area (Å²) in [6.07, 6.45) is 0.742. The maximum Gasteiger partial charge on any atom is 0.254 e. The second-order valence-corrected chi connectivity index (χ2v) is 9.55. The topological polar surface area (TPSA) is 58.6 Å². The Balaban J connectivity index is 1.43. The molecule has 0 spiro atoms. The van der Waals surface area contributed by atoms with Gasteiger partial charge in [-0.3, -0.25) is 4.79 Å². The lowest BCUT2D eigenvalue weighted by Gasteiger charge is -2.36. The van der Waals surface area contributed by atoms with Gasteiger partial charge in [-0.1, -0.05) is 48.0 Å². The molecule has 6 nitrogen and oxygen atoms in total. The summed E-state index contributed by atoms with van der Waals surface area (Å²) < 4.78 is 5.29. The number of carbonyl (C=O) groups excluding carboxylic acids is 1. The summed E-state index contributed by atoms with van der Waals surface area (Å²) >= 11 is 6.11. The van der Waals surface area contributed by atoms with Crippen LogP contribution in [0, 0.1) is 6.92 Å². The van der Waals surface area contributed by atoms with Gasteiger partial charge in [0.2, 0.25) is 0 Å². The first kappa shape index (κ1) is 24.8. The number of hydrogen-bond donors (Lipinski definition) is 0. The number of aryl methyl sites for hydroxylation is 1. The van der Waals surface area contributed by atoms with Crippen molar-refractivity contribution in [2.75, 3.05) is 38.2 Å². The van der Waals surface area contributed by atoms with Crippen LogP contribution in [-0.4, -0.2) is 54.1 Å². The number of hydrogen-bond acceptors (Lipinski definition) is 5. The predicted molar refractivity (Wildman–Crippen MR) is 148 cm³/mol. The van der Waals surface area contributed by atoms with Crippen LogP contribution < -0.4 is 9.64 Å². The highest BCUT2D eigenvalue weighted by Gasteiger charge is 2.26. The summed E-state index contributed by atoms with van der Waals surface area (Å²) in [6.45, 7) is 4.65. The normalized spacial score (nSPS) is 13.5. The van der Waals surface area contributed by atoms with E-state index in [1.807, 2.05) is 60.4 Å². The molecule has 1 aromatic heterocycles. The van der Waals surface area contributed by atoms with Gasteiger partial charge in [-0.05, 0) is 55.0 Å². The van der Waals surface area contributed by atoms with Crippen molar-refractivity contribution in [3.05, 3.63) is 106 Å². The Morgan fingerprint density at radius 1 is 0.919 bits per heavy atom. The van der Waals surface area contributed by atoms with Crippen LogP contribution in [0.3, 0.4) is 0 Å². The van der Waals surface area contributed by atoms with E-state index < -0.39 is 0 Å². The van der Waals surface area contributed by atoms with Crippen LogP contribution in [-0.2, 0) is 6.42 Å². The number of halogens is 1. The highest BCUT2D eigenvalue weighted by Crippen LogP contribution is 2.29. The predicted octanol–water partition coefficient (Wildman–Crippen LogP) is 5.67. The summed E-state index contributed by atoms with van der Waals surface area (Å²) in [5.74, 6) is 2.30. The van der Waals surface area contributed by atoms with Crippen LogP contribution in [0.15, 0.2) is 78.9 Å². The molecule has 2 heterocycles. The van der Waals surface area contributed by atoms with Gasteiger partial charge in [0, 0.05) is 60.0 Å². The molecular weight excluding hydrogens is 484 g/mol. The molecule has 1 fully saturated rings. The average Bonchev–Trinajstić information content (AvgIpc) is 2.94. The first-order valence-electron chi connectivity index (χ1n) is 12.4. The number of piperazine rings is 1. The molecule has 37 heavy (non-hydrogen) atoms. The minimum atomic E-state index is 0.0174. The second-order valence-electron chi connectivity index (χ2n) is 9.12. The quantitative estimate of drug-likeness (QED) is 0.333. The number of rotatable bonds is 6. The first-order chi connectivity index (χ1) is 18.0. The third kappa shape index (κ3) is 5.59. The van der Waals surface area contributed by atoms with E-state index in [4.69, 9.17) is 26.3 Å². The van der Waals surface area contributed by atoms with Gasteiger partial charge in [-0.25, -0.2) is 9.97 Å². The fourth-order valence-electron chi connectivity index (χ4n) is 4.64. The van der Waals surface area contributed by atoms with Gasteiger partial charge in [-0.15, -0.1) is 0 Å². The minimum Gasteiger partial charge on any atom is -0.497 e. The zero-order valence-electron chi connectivity index (χ0n) is 21.0. The molecule has 1 amide bonds. The monoisotopic (exact) mass is 512 g/mol. The lowest BCUT2D eigenvalue weighted by atomic mass is 10.0. The third-order valence-electron chi connectivity index (χ3n) is 6.70. The molecule has 0 unspecified atom stereocenters. The Hall–Kier alpha value is -3.90. The third-order valence-corrected chi connectivity index (χ3v) is 6.95. The fraction of sp³-hybridized carbons (Fsp3) is 0.233. The molecule has 0 radical (unpaired) electrons. The lowest BCUT2D eigenvalue weighted by Crippen LogP contribution is -2.49. The largest absolute Gasteiger partial charge is 0.497 e. The van der Waals surface area contributed by atoms with E-state index in [9.17, 15) is 4.79 Å². The molecule has 1 aliphatic heterocycles. The summed E-state index contributed by atoms with van der Waals surface area (Å²) in [5, 5.41) is 0.679. The number of ether oxygens (including phenoxy) is 1. The van der Waals surface area contributed by atoms with Crippen LogP contribution in [0.2, 0.25) is 5.02 Å². The minimum absolute atomic E-state index is 0.0174. The SMILES string of the molecule is COc1cccc(C(=O)N2CCN(c3nc(-c4ccc(Cl)cc4)nc(C)c3Cc3ccccc3)CC2)c1. The zero-order chi connectivity index (χ0) is 25.8. The van der Waals surface area contributed by atoms with Gasteiger partial charge < -0.3 is 14.5 Å². The zero-order valence-corrected chi connectivity index (χ0v) is 21.8. The van der Waals surface area contributed by atoms with Crippen molar-refractivity contribution in [3.63, 3.8) is 0 Å². The van der Waals surface area contributed by atoms with Crippen LogP contribution in [0.25, 0.3) is 11.4 Å². The van der Waals surface area contributed by atoms with Gasteiger partial charge in [0.25, 0.3) is 5.91 Å². The van der Waals surface area contributed by atoms with Gasteiger partial charge in [0.05, 0.1) is 7.11 Å². The van der Waals surface area contributed by atoms with Crippen molar-refractivity contribution in [1.82, 2.24) is 14.9 Å². The number of amides is 1. The average molecular weight is 513 g/mol. The number of methoxy groups -OCH3 is 1. The molecule has 1 saturated heterocycles. The van der Waals surface area contributed by atoms with Gasteiger partial charge >= 0.3 is 0 Å². The standard InChI is InChI=1S/C30H29ClN4O2/c1-21-27(19-22-7-4-3-5-8-22)29(33-28(32-21)23-11-13-25(31)14-12-23)34-15-17-35(18-16-34)30(36)24-9-6-10-26(20-24)37-2/h3-14,20H,15-19H2,1-2H3. The molecule has 7 heteroatoms. The maximum absolute atomic E-state index is 13.2. The van der Waals surface area contributed by atoms with E-state index in [1.165, 1.54) is 5.56 Å². The van der Waals surface area contributed by atoms with Crippen molar-refractivity contribution < 1.29 is 9.53 Å². The molecule has 0 N–H and O–H groups in total. The Morgan fingerprint density at radius 3 is 2.35 bits per heavy atom. The van der Waals surface area contributed by atoms with Crippen LogP contribution in [0.5, 0.6) is 5.75 Å². The second kappa shape index (κ2) is 11.0. The molecule has 1 aliphatic rings. The van der Waals surface area contributed by atoms with Crippen molar-refractivity contribution in [1.29, 1.82) is 0 Å². The first-order valence-corrected chi connectivity index (χ1v) is 12.8. The summed E-state index contributed by atoms with van der Waals surface area (Å²) in [6, 6.07) is 25.3. The highest BCUT2D eigenvalue weighted by atomic mass is 35.5. The Labute approximate surface area is 222 Å². The summed E-state index contributed by atoms with van der Waals surface area (Å²) in [5.41, 5.74) is 4.83. The molecule has 0 bridgehead atoms. The van der Waals surface area contributed by atoms with Crippen LogP contribution >= 0.6 is 11.6 Å². The molecule has 3 aromatic carbocycles.